The highest BCUT2D eigenvalue weighted by Gasteiger charge is 2.24. The topological polar surface area (TPSA) is 34.0 Å². The zero-order valence-corrected chi connectivity index (χ0v) is 16.1. The summed E-state index contributed by atoms with van der Waals surface area (Å²) in [6.07, 6.45) is 8.53. The number of anilines is 1. The molecule has 1 aliphatic rings. The monoisotopic (exact) mass is 348 g/mol. The van der Waals surface area contributed by atoms with Crippen LogP contribution in [0.25, 0.3) is 10.9 Å². The Morgan fingerprint density at radius 1 is 1.15 bits per heavy atom. The van der Waals surface area contributed by atoms with Crippen LogP contribution in [-0.2, 0) is 19.9 Å². The lowest BCUT2D eigenvalue weighted by atomic mass is 9.91. The SMILES string of the molecule is CCc1c(C)nc2ccccc2c1N1CCC(Cc2nccn2C)CC1. The second-order valence-electron chi connectivity index (χ2n) is 7.48. The number of imidazole rings is 1. The molecule has 1 aromatic carbocycles. The van der Waals surface area contributed by atoms with E-state index in [-0.39, 0.29) is 0 Å². The van der Waals surface area contributed by atoms with Gasteiger partial charge in [0.15, 0.2) is 0 Å². The number of nitrogens with zero attached hydrogens (tertiary/aromatic N) is 4. The Labute approximate surface area is 155 Å². The average Bonchev–Trinajstić information content (AvgIpc) is 3.06. The highest BCUT2D eigenvalue weighted by Crippen LogP contribution is 2.35. The first-order valence-electron chi connectivity index (χ1n) is 9.76. The summed E-state index contributed by atoms with van der Waals surface area (Å²) in [5.41, 5.74) is 5.13. The van der Waals surface area contributed by atoms with Crippen LogP contribution in [0.5, 0.6) is 0 Å². The van der Waals surface area contributed by atoms with E-state index in [0.717, 1.165) is 37.4 Å². The lowest BCUT2D eigenvalue weighted by Gasteiger charge is -2.35. The highest BCUT2D eigenvalue weighted by atomic mass is 15.1. The third kappa shape index (κ3) is 3.09. The molecule has 0 N–H and O–H groups in total. The minimum atomic E-state index is 0.728. The van der Waals surface area contributed by atoms with Crippen LogP contribution in [0.15, 0.2) is 36.7 Å². The van der Waals surface area contributed by atoms with Gasteiger partial charge in [-0.1, -0.05) is 25.1 Å². The van der Waals surface area contributed by atoms with Crippen LogP contribution >= 0.6 is 0 Å². The summed E-state index contributed by atoms with van der Waals surface area (Å²) in [5.74, 6) is 1.94. The quantitative estimate of drug-likeness (QED) is 0.705. The number of piperidine rings is 1. The number of aryl methyl sites for hydroxylation is 2. The van der Waals surface area contributed by atoms with Gasteiger partial charge in [-0.3, -0.25) is 4.98 Å². The molecule has 3 heterocycles. The van der Waals surface area contributed by atoms with Crippen LogP contribution < -0.4 is 4.90 Å². The predicted molar refractivity (Wildman–Crippen MR) is 108 cm³/mol. The first kappa shape index (κ1) is 17.1. The molecule has 0 saturated carbocycles. The van der Waals surface area contributed by atoms with Crippen molar-refractivity contribution in [2.75, 3.05) is 18.0 Å². The molecule has 26 heavy (non-hydrogen) atoms. The molecule has 136 valence electrons. The molecule has 0 amide bonds. The van der Waals surface area contributed by atoms with Gasteiger partial charge in [0.1, 0.15) is 5.82 Å². The number of rotatable bonds is 4. The Kier molecular flexibility index (Phi) is 4.66. The summed E-state index contributed by atoms with van der Waals surface area (Å²) in [5, 5.41) is 1.30. The van der Waals surface area contributed by atoms with E-state index in [9.17, 15) is 0 Å². The lowest BCUT2D eigenvalue weighted by molar-refractivity contribution is 0.393. The molecule has 1 fully saturated rings. The summed E-state index contributed by atoms with van der Waals surface area (Å²) in [4.78, 5) is 11.9. The zero-order valence-electron chi connectivity index (χ0n) is 16.1. The molecule has 2 aromatic heterocycles. The molecule has 0 aliphatic carbocycles. The summed E-state index contributed by atoms with van der Waals surface area (Å²) in [7, 11) is 2.09. The van der Waals surface area contributed by atoms with E-state index in [1.807, 2.05) is 12.4 Å². The van der Waals surface area contributed by atoms with Crippen molar-refractivity contribution in [3.63, 3.8) is 0 Å². The zero-order chi connectivity index (χ0) is 18.1. The van der Waals surface area contributed by atoms with Gasteiger partial charge >= 0.3 is 0 Å². The predicted octanol–water partition coefficient (Wildman–Crippen LogP) is 4.30. The fraction of sp³-hybridized carbons (Fsp3) is 0.455. The maximum atomic E-state index is 4.84. The smallest absolute Gasteiger partial charge is 0.108 e. The van der Waals surface area contributed by atoms with Gasteiger partial charge in [-0.05, 0) is 43.7 Å². The molecule has 0 atom stereocenters. The van der Waals surface area contributed by atoms with E-state index in [0.29, 0.717) is 0 Å². The molecule has 4 rings (SSSR count). The number of hydrogen-bond acceptors (Lipinski definition) is 3. The van der Waals surface area contributed by atoms with Gasteiger partial charge in [0.05, 0.1) is 11.2 Å². The Morgan fingerprint density at radius 2 is 1.92 bits per heavy atom. The number of pyridine rings is 1. The standard InChI is InChI=1S/C22H28N4/c1-4-18-16(2)24-20-8-6-5-7-19(20)22(18)26-12-9-17(10-13-26)15-21-23-11-14-25(21)3/h5-8,11,14,17H,4,9-10,12-13,15H2,1-3H3. The van der Waals surface area contributed by atoms with Gasteiger partial charge in [0, 0.05) is 50.0 Å². The molecule has 0 bridgehead atoms. The normalized spacial score (nSPS) is 15.7. The number of para-hydroxylation sites is 1. The number of fused-ring (bicyclic) bond motifs is 1. The second-order valence-corrected chi connectivity index (χ2v) is 7.48. The molecular weight excluding hydrogens is 320 g/mol. The maximum absolute atomic E-state index is 4.84. The Balaban J connectivity index is 1.58. The largest absolute Gasteiger partial charge is 0.371 e. The van der Waals surface area contributed by atoms with Gasteiger partial charge < -0.3 is 9.47 Å². The molecule has 4 nitrogen and oxygen atoms in total. The molecule has 4 heteroatoms. The van der Waals surface area contributed by atoms with Crippen LogP contribution in [-0.4, -0.2) is 27.6 Å². The lowest BCUT2D eigenvalue weighted by Crippen LogP contribution is -2.35. The minimum Gasteiger partial charge on any atom is -0.371 e. The molecule has 1 saturated heterocycles. The first-order chi connectivity index (χ1) is 12.7. The molecule has 3 aromatic rings. The number of aromatic nitrogens is 3. The van der Waals surface area contributed by atoms with E-state index in [4.69, 9.17) is 4.98 Å². The molecule has 0 unspecified atom stereocenters. The van der Waals surface area contributed by atoms with Crippen molar-refractivity contribution in [1.29, 1.82) is 0 Å². The van der Waals surface area contributed by atoms with E-state index in [2.05, 4.69) is 59.6 Å². The third-order valence-electron chi connectivity index (χ3n) is 5.85. The average molecular weight is 348 g/mol. The summed E-state index contributed by atoms with van der Waals surface area (Å²) in [6.45, 7) is 6.64. The van der Waals surface area contributed by atoms with E-state index < -0.39 is 0 Å². The summed E-state index contributed by atoms with van der Waals surface area (Å²) < 4.78 is 2.15. The van der Waals surface area contributed by atoms with E-state index in [1.54, 1.807) is 0 Å². The van der Waals surface area contributed by atoms with E-state index in [1.165, 1.54) is 41.0 Å². The summed E-state index contributed by atoms with van der Waals surface area (Å²) in [6, 6.07) is 8.59. The Hall–Kier alpha value is -2.36. The van der Waals surface area contributed by atoms with Gasteiger partial charge in [-0.25, -0.2) is 4.98 Å². The molecule has 0 radical (unpaired) electrons. The van der Waals surface area contributed by atoms with Gasteiger partial charge in [0.25, 0.3) is 0 Å². The van der Waals surface area contributed by atoms with E-state index >= 15 is 0 Å². The summed E-state index contributed by atoms with van der Waals surface area (Å²) >= 11 is 0. The van der Waals surface area contributed by atoms with Crippen LogP contribution in [0.2, 0.25) is 0 Å². The molecule has 1 aliphatic heterocycles. The fourth-order valence-electron chi connectivity index (χ4n) is 4.35. The minimum absolute atomic E-state index is 0.728. The first-order valence-corrected chi connectivity index (χ1v) is 9.76. The van der Waals surface area contributed by atoms with Crippen molar-refractivity contribution in [2.24, 2.45) is 13.0 Å². The van der Waals surface area contributed by atoms with Gasteiger partial charge in [0.2, 0.25) is 0 Å². The number of hydrogen-bond donors (Lipinski definition) is 0. The molecular formula is C22H28N4. The fourth-order valence-corrected chi connectivity index (χ4v) is 4.35. The number of benzene rings is 1. The Bertz CT molecular complexity index is 904. The second kappa shape index (κ2) is 7.10. The van der Waals surface area contributed by atoms with Crippen molar-refractivity contribution in [1.82, 2.24) is 14.5 Å². The van der Waals surface area contributed by atoms with Crippen LogP contribution in [0.4, 0.5) is 5.69 Å². The third-order valence-corrected chi connectivity index (χ3v) is 5.85. The Morgan fingerprint density at radius 3 is 2.62 bits per heavy atom. The maximum Gasteiger partial charge on any atom is 0.108 e. The van der Waals surface area contributed by atoms with Crippen molar-refractivity contribution in [3.8, 4) is 0 Å². The van der Waals surface area contributed by atoms with Gasteiger partial charge in [-0.15, -0.1) is 0 Å². The van der Waals surface area contributed by atoms with Crippen molar-refractivity contribution < 1.29 is 0 Å². The van der Waals surface area contributed by atoms with Crippen LogP contribution in [0.3, 0.4) is 0 Å². The molecule has 0 spiro atoms. The highest BCUT2D eigenvalue weighted by molar-refractivity contribution is 5.94. The van der Waals surface area contributed by atoms with Gasteiger partial charge in [-0.2, -0.15) is 0 Å². The van der Waals surface area contributed by atoms with Crippen molar-refractivity contribution >= 4 is 16.6 Å². The van der Waals surface area contributed by atoms with Crippen LogP contribution in [0.1, 0.15) is 36.8 Å². The van der Waals surface area contributed by atoms with Crippen LogP contribution in [0, 0.1) is 12.8 Å². The van der Waals surface area contributed by atoms with Crippen molar-refractivity contribution in [2.45, 2.75) is 39.5 Å². The van der Waals surface area contributed by atoms with Crippen molar-refractivity contribution in [3.05, 3.63) is 53.7 Å².